The van der Waals surface area contributed by atoms with Crippen LogP contribution in [0.15, 0.2) is 29.8 Å². The predicted octanol–water partition coefficient (Wildman–Crippen LogP) is 3.64. The number of anilines is 1. The molecule has 19 heavy (non-hydrogen) atoms. The molecule has 0 radical (unpaired) electrons. The van der Waals surface area contributed by atoms with E-state index >= 15 is 0 Å². The zero-order valence-corrected chi connectivity index (χ0v) is 11.0. The summed E-state index contributed by atoms with van der Waals surface area (Å²) in [5.74, 6) is -1.60. The first-order valence-electron chi connectivity index (χ1n) is 5.04. The predicted molar refractivity (Wildman–Crippen MR) is 70.4 cm³/mol. The quantitative estimate of drug-likeness (QED) is 0.819. The van der Waals surface area contributed by atoms with Crippen LogP contribution in [0.5, 0.6) is 0 Å². The first kappa shape index (κ1) is 14.1. The van der Waals surface area contributed by atoms with Crippen LogP contribution >= 0.6 is 24.4 Å². The number of thioether (sulfide) groups is 1. The molecule has 0 aromatic heterocycles. The number of carboxylic acid groups (broad SMARTS) is 1. The van der Waals surface area contributed by atoms with Gasteiger partial charge in [0.1, 0.15) is 4.71 Å². The Hall–Kier alpha value is -1.28. The number of hydrogen-bond donors (Lipinski definition) is 2. The summed E-state index contributed by atoms with van der Waals surface area (Å²) in [5.41, 5.74) is -1.68. The van der Waals surface area contributed by atoms with Crippen molar-refractivity contribution in [2.45, 2.75) is 10.9 Å². The van der Waals surface area contributed by atoms with Crippen LogP contribution in [0.25, 0.3) is 0 Å². The summed E-state index contributed by atoms with van der Waals surface area (Å²) in [6.45, 7) is 0. The molecule has 1 aliphatic heterocycles. The van der Waals surface area contributed by atoms with E-state index in [1.165, 1.54) is 22.7 Å². The molecule has 1 N–H and O–H groups in total. The standard InChI is InChI=1S/C11H8F3NO2S2/c12-11(13,14)8-5-6(1-2-7(8)9(16)17)15-3-4-19-10(15)18/h1-5,10,18H,(H,16,17). The first-order valence-corrected chi connectivity index (χ1v) is 6.49. The van der Waals surface area contributed by atoms with Crippen LogP contribution in [0.3, 0.4) is 0 Å². The number of rotatable bonds is 2. The minimum absolute atomic E-state index is 0.249. The number of benzene rings is 1. The third-order valence-corrected chi connectivity index (χ3v) is 3.86. The van der Waals surface area contributed by atoms with Gasteiger partial charge in [0.15, 0.2) is 0 Å². The topological polar surface area (TPSA) is 40.5 Å². The van der Waals surface area contributed by atoms with Gasteiger partial charge in [0.05, 0.1) is 11.1 Å². The lowest BCUT2D eigenvalue weighted by molar-refractivity contribution is -0.138. The van der Waals surface area contributed by atoms with Crippen molar-refractivity contribution in [2.24, 2.45) is 0 Å². The van der Waals surface area contributed by atoms with Crippen LogP contribution in [0, 0.1) is 0 Å². The van der Waals surface area contributed by atoms with Crippen LogP contribution in [0.1, 0.15) is 15.9 Å². The van der Waals surface area contributed by atoms with Crippen molar-refractivity contribution < 1.29 is 23.1 Å². The molecule has 1 aromatic rings. The van der Waals surface area contributed by atoms with Crippen molar-refractivity contribution in [3.05, 3.63) is 40.9 Å². The Labute approximate surface area is 116 Å². The number of aromatic carboxylic acids is 1. The molecule has 0 bridgehead atoms. The molecule has 3 nitrogen and oxygen atoms in total. The van der Waals surface area contributed by atoms with Crippen molar-refractivity contribution in [3.63, 3.8) is 0 Å². The maximum Gasteiger partial charge on any atom is 0.417 e. The number of halogens is 3. The molecule has 0 amide bonds. The molecule has 0 fully saturated rings. The fourth-order valence-corrected chi connectivity index (χ4v) is 2.72. The molecule has 1 aliphatic rings. The van der Waals surface area contributed by atoms with E-state index in [-0.39, 0.29) is 10.4 Å². The van der Waals surface area contributed by atoms with Crippen LogP contribution in [0.4, 0.5) is 18.9 Å². The number of nitrogens with zero attached hydrogens (tertiary/aromatic N) is 1. The van der Waals surface area contributed by atoms with Gasteiger partial charge >= 0.3 is 12.1 Å². The lowest BCUT2D eigenvalue weighted by atomic mass is 10.1. The van der Waals surface area contributed by atoms with Gasteiger partial charge < -0.3 is 10.0 Å². The van der Waals surface area contributed by atoms with Crippen LogP contribution in [-0.4, -0.2) is 15.8 Å². The van der Waals surface area contributed by atoms with Crippen molar-refractivity contribution in [3.8, 4) is 0 Å². The van der Waals surface area contributed by atoms with E-state index in [1.54, 1.807) is 11.6 Å². The zero-order valence-electron chi connectivity index (χ0n) is 9.26. The van der Waals surface area contributed by atoms with Gasteiger partial charge in [0, 0.05) is 11.9 Å². The summed E-state index contributed by atoms with van der Waals surface area (Å²) in [6.07, 6.45) is -3.12. The van der Waals surface area contributed by atoms with E-state index in [0.29, 0.717) is 0 Å². The Balaban J connectivity index is 2.50. The second kappa shape index (κ2) is 5.01. The third-order valence-electron chi connectivity index (χ3n) is 2.50. The average molecular weight is 307 g/mol. The van der Waals surface area contributed by atoms with Crippen molar-refractivity contribution >= 4 is 36.0 Å². The monoisotopic (exact) mass is 307 g/mol. The van der Waals surface area contributed by atoms with E-state index in [0.717, 1.165) is 12.1 Å². The van der Waals surface area contributed by atoms with Gasteiger partial charge in [-0.15, -0.1) is 12.6 Å². The molecule has 2 rings (SSSR count). The maximum absolute atomic E-state index is 12.8. The molecule has 0 saturated carbocycles. The molecule has 1 heterocycles. The molecular formula is C11H8F3NO2S2. The van der Waals surface area contributed by atoms with E-state index < -0.39 is 23.3 Å². The van der Waals surface area contributed by atoms with Crippen molar-refractivity contribution in [1.29, 1.82) is 0 Å². The second-order valence-corrected chi connectivity index (χ2v) is 5.52. The maximum atomic E-state index is 12.8. The van der Waals surface area contributed by atoms with Crippen LogP contribution in [0.2, 0.25) is 0 Å². The lowest BCUT2D eigenvalue weighted by Gasteiger charge is -2.22. The molecule has 0 aliphatic carbocycles. The molecule has 0 spiro atoms. The molecular weight excluding hydrogens is 299 g/mol. The van der Waals surface area contributed by atoms with E-state index in [4.69, 9.17) is 5.11 Å². The van der Waals surface area contributed by atoms with Gasteiger partial charge in [-0.3, -0.25) is 0 Å². The Bertz CT molecular complexity index is 545. The van der Waals surface area contributed by atoms with Gasteiger partial charge in [-0.1, -0.05) is 11.8 Å². The van der Waals surface area contributed by atoms with Crippen LogP contribution in [-0.2, 0) is 6.18 Å². The smallest absolute Gasteiger partial charge is 0.417 e. The molecule has 102 valence electrons. The summed E-state index contributed by atoms with van der Waals surface area (Å²) in [5, 5.41) is 10.5. The van der Waals surface area contributed by atoms with Gasteiger partial charge in [0.25, 0.3) is 0 Å². The molecule has 1 unspecified atom stereocenters. The molecule has 1 aromatic carbocycles. The lowest BCUT2D eigenvalue weighted by Crippen LogP contribution is -2.20. The largest absolute Gasteiger partial charge is 0.478 e. The van der Waals surface area contributed by atoms with E-state index in [1.807, 2.05) is 0 Å². The third kappa shape index (κ3) is 2.84. The minimum atomic E-state index is -4.72. The fourth-order valence-electron chi connectivity index (χ4n) is 1.64. The molecule has 0 saturated heterocycles. The van der Waals surface area contributed by atoms with Gasteiger partial charge in [-0.2, -0.15) is 13.2 Å². The van der Waals surface area contributed by atoms with Crippen molar-refractivity contribution in [1.82, 2.24) is 0 Å². The van der Waals surface area contributed by atoms with Gasteiger partial charge in [0.2, 0.25) is 0 Å². The SMILES string of the molecule is O=C(O)c1ccc(N2C=CSC2S)cc1C(F)(F)F. The minimum Gasteiger partial charge on any atom is -0.478 e. The number of alkyl halides is 3. The van der Waals surface area contributed by atoms with E-state index in [9.17, 15) is 18.0 Å². The Morgan fingerprint density at radius 3 is 2.58 bits per heavy atom. The summed E-state index contributed by atoms with van der Waals surface area (Å²) in [4.78, 5) is 12.3. The second-order valence-electron chi connectivity index (χ2n) is 3.69. The average Bonchev–Trinajstić information content (AvgIpc) is 2.73. The number of thiol groups is 1. The number of carboxylic acids is 1. The Morgan fingerprint density at radius 2 is 2.11 bits per heavy atom. The fraction of sp³-hybridized carbons (Fsp3) is 0.182. The van der Waals surface area contributed by atoms with Crippen LogP contribution < -0.4 is 4.90 Å². The summed E-state index contributed by atoms with van der Waals surface area (Å²) >= 11 is 5.54. The van der Waals surface area contributed by atoms with E-state index in [2.05, 4.69) is 12.6 Å². The summed E-state index contributed by atoms with van der Waals surface area (Å²) in [7, 11) is 0. The highest BCUT2D eigenvalue weighted by Crippen LogP contribution is 2.38. The molecule has 8 heteroatoms. The highest BCUT2D eigenvalue weighted by atomic mass is 32.2. The Kier molecular flexibility index (Phi) is 3.73. The number of carbonyl (C=O) groups is 1. The highest BCUT2D eigenvalue weighted by Gasteiger charge is 2.36. The summed E-state index contributed by atoms with van der Waals surface area (Å²) < 4.78 is 38.2. The first-order chi connectivity index (χ1) is 8.80. The summed E-state index contributed by atoms with van der Waals surface area (Å²) in [6, 6.07) is 3.11. The van der Waals surface area contributed by atoms with Crippen molar-refractivity contribution in [2.75, 3.05) is 4.90 Å². The van der Waals surface area contributed by atoms with Gasteiger partial charge in [-0.05, 0) is 23.6 Å². The Morgan fingerprint density at radius 1 is 1.42 bits per heavy atom. The number of hydrogen-bond acceptors (Lipinski definition) is 4. The normalized spacial score (nSPS) is 18.9. The molecule has 1 atom stereocenters. The highest BCUT2D eigenvalue weighted by molar-refractivity contribution is 8.12. The van der Waals surface area contributed by atoms with Gasteiger partial charge in [-0.25, -0.2) is 4.79 Å². The zero-order chi connectivity index (χ0) is 14.2.